The third-order valence-electron chi connectivity index (χ3n) is 3.80. The van der Waals surface area contributed by atoms with E-state index >= 15 is 0 Å². The molecule has 1 aliphatic rings. The third kappa shape index (κ3) is 2.95. The summed E-state index contributed by atoms with van der Waals surface area (Å²) < 4.78 is 0. The number of likely N-dealkylation sites (N-methyl/N-ethyl adjacent to an activating group) is 1. The summed E-state index contributed by atoms with van der Waals surface area (Å²) >= 11 is 0. The molecule has 2 aromatic rings. The lowest BCUT2D eigenvalue weighted by molar-refractivity contribution is -0.117. The molecule has 0 atom stereocenters. The lowest BCUT2D eigenvalue weighted by Gasteiger charge is -2.32. The minimum absolute atomic E-state index is 0.143. The number of aromatic nitrogens is 2. The fourth-order valence-corrected chi connectivity index (χ4v) is 2.58. The number of para-hydroxylation sites is 1. The quantitative estimate of drug-likeness (QED) is 0.884. The molecule has 110 valence electrons. The van der Waals surface area contributed by atoms with Crippen LogP contribution in [0.1, 0.15) is 5.69 Å². The highest BCUT2D eigenvalue weighted by Crippen LogP contribution is 2.20. The average molecular weight is 285 g/mol. The number of carbonyl (C=O) groups excluding carboxylic acids is 1. The molecule has 1 aliphatic heterocycles. The highest BCUT2D eigenvalue weighted by Gasteiger charge is 2.18. The van der Waals surface area contributed by atoms with E-state index < -0.39 is 0 Å². The van der Waals surface area contributed by atoms with Gasteiger partial charge in [0, 0.05) is 31.6 Å². The molecular formula is C15H19N5O. The van der Waals surface area contributed by atoms with E-state index in [9.17, 15) is 4.79 Å². The molecule has 21 heavy (non-hydrogen) atoms. The van der Waals surface area contributed by atoms with Gasteiger partial charge in [-0.15, -0.1) is 0 Å². The number of amides is 1. The summed E-state index contributed by atoms with van der Waals surface area (Å²) in [5.41, 5.74) is 6.91. The van der Waals surface area contributed by atoms with Crippen molar-refractivity contribution >= 4 is 22.8 Å². The molecule has 0 unspecified atom stereocenters. The Hall–Kier alpha value is -2.21. The predicted octanol–water partition coefficient (Wildman–Crippen LogP) is 0.409. The minimum atomic E-state index is -0.372. The summed E-state index contributed by atoms with van der Waals surface area (Å²) in [7, 11) is 2.11. The Kier molecular flexibility index (Phi) is 3.70. The van der Waals surface area contributed by atoms with Gasteiger partial charge in [0.1, 0.15) is 0 Å². The number of fused-ring (bicyclic) bond motifs is 1. The highest BCUT2D eigenvalue weighted by atomic mass is 16.1. The average Bonchev–Trinajstić information content (AvgIpc) is 2.47. The van der Waals surface area contributed by atoms with Crippen LogP contribution in [0.25, 0.3) is 10.9 Å². The summed E-state index contributed by atoms with van der Waals surface area (Å²) in [4.78, 5) is 24.9. The van der Waals surface area contributed by atoms with E-state index in [0.29, 0.717) is 11.6 Å². The molecular weight excluding hydrogens is 266 g/mol. The van der Waals surface area contributed by atoms with Crippen molar-refractivity contribution in [3.63, 3.8) is 0 Å². The van der Waals surface area contributed by atoms with Gasteiger partial charge >= 0.3 is 0 Å². The summed E-state index contributed by atoms with van der Waals surface area (Å²) in [5.74, 6) is 0.321. The van der Waals surface area contributed by atoms with Crippen LogP contribution in [0, 0.1) is 0 Å². The molecule has 1 aromatic carbocycles. The molecule has 6 nitrogen and oxygen atoms in total. The topological polar surface area (TPSA) is 75.3 Å². The standard InChI is InChI=1S/C15H19N5O/c1-19-6-8-20(9-7-19)15-17-12-5-3-2-4-11(12)13(18-15)10-14(16)21/h2-5H,6-10H2,1H3,(H2,16,21). The Morgan fingerprint density at radius 3 is 2.62 bits per heavy atom. The first-order valence-electron chi connectivity index (χ1n) is 7.11. The lowest BCUT2D eigenvalue weighted by Crippen LogP contribution is -2.45. The fourth-order valence-electron chi connectivity index (χ4n) is 2.58. The molecule has 3 rings (SSSR count). The van der Waals surface area contributed by atoms with Crippen molar-refractivity contribution in [2.24, 2.45) is 5.73 Å². The number of carbonyl (C=O) groups is 1. The number of hydrogen-bond acceptors (Lipinski definition) is 5. The van der Waals surface area contributed by atoms with Gasteiger partial charge in [-0.05, 0) is 13.1 Å². The number of primary amides is 1. The summed E-state index contributed by atoms with van der Waals surface area (Å²) in [6, 6.07) is 7.74. The zero-order valence-electron chi connectivity index (χ0n) is 12.1. The molecule has 0 radical (unpaired) electrons. The van der Waals surface area contributed by atoms with Gasteiger partial charge in [0.25, 0.3) is 0 Å². The summed E-state index contributed by atoms with van der Waals surface area (Å²) in [5, 5.41) is 0.897. The number of anilines is 1. The van der Waals surface area contributed by atoms with Crippen molar-refractivity contribution in [1.82, 2.24) is 14.9 Å². The molecule has 0 bridgehead atoms. The molecule has 1 amide bonds. The number of nitrogens with zero attached hydrogens (tertiary/aromatic N) is 4. The molecule has 2 heterocycles. The Balaban J connectivity index is 2.01. The molecule has 6 heteroatoms. The van der Waals surface area contributed by atoms with Crippen molar-refractivity contribution < 1.29 is 4.79 Å². The van der Waals surface area contributed by atoms with Crippen LogP contribution in [0.2, 0.25) is 0 Å². The second-order valence-corrected chi connectivity index (χ2v) is 5.42. The first-order valence-corrected chi connectivity index (χ1v) is 7.11. The zero-order valence-corrected chi connectivity index (χ0v) is 12.1. The van der Waals surface area contributed by atoms with Gasteiger partial charge in [0.2, 0.25) is 11.9 Å². The maximum atomic E-state index is 11.3. The third-order valence-corrected chi connectivity index (χ3v) is 3.80. The van der Waals surface area contributed by atoms with Gasteiger partial charge < -0.3 is 15.5 Å². The summed E-state index contributed by atoms with van der Waals surface area (Å²) in [6.45, 7) is 3.76. The van der Waals surface area contributed by atoms with Crippen molar-refractivity contribution in [2.75, 3.05) is 38.1 Å². The summed E-state index contributed by atoms with van der Waals surface area (Å²) in [6.07, 6.45) is 0.143. The van der Waals surface area contributed by atoms with Gasteiger partial charge in [-0.1, -0.05) is 18.2 Å². The van der Waals surface area contributed by atoms with Gasteiger partial charge in [-0.25, -0.2) is 9.97 Å². The number of rotatable bonds is 3. The largest absolute Gasteiger partial charge is 0.369 e. The van der Waals surface area contributed by atoms with Gasteiger partial charge in [0.05, 0.1) is 17.6 Å². The second-order valence-electron chi connectivity index (χ2n) is 5.42. The minimum Gasteiger partial charge on any atom is -0.369 e. The molecule has 1 aromatic heterocycles. The maximum Gasteiger partial charge on any atom is 0.226 e. The van der Waals surface area contributed by atoms with Crippen LogP contribution in [0.3, 0.4) is 0 Å². The first kappa shape index (κ1) is 13.8. The number of hydrogen-bond donors (Lipinski definition) is 1. The Morgan fingerprint density at radius 2 is 1.90 bits per heavy atom. The van der Waals surface area contributed by atoms with E-state index in [1.165, 1.54) is 0 Å². The number of benzene rings is 1. The van der Waals surface area contributed by atoms with Crippen LogP contribution in [-0.2, 0) is 11.2 Å². The normalized spacial score (nSPS) is 16.3. The van der Waals surface area contributed by atoms with E-state index in [1.54, 1.807) is 0 Å². The molecule has 0 aliphatic carbocycles. The SMILES string of the molecule is CN1CCN(c2nc(CC(N)=O)c3ccccc3n2)CC1. The molecule has 1 fully saturated rings. The van der Waals surface area contributed by atoms with Crippen LogP contribution in [0.4, 0.5) is 5.95 Å². The maximum absolute atomic E-state index is 11.3. The zero-order chi connectivity index (χ0) is 14.8. The molecule has 0 spiro atoms. The highest BCUT2D eigenvalue weighted by molar-refractivity contribution is 5.87. The Morgan fingerprint density at radius 1 is 1.19 bits per heavy atom. The van der Waals surface area contributed by atoms with Gasteiger partial charge in [0.15, 0.2) is 0 Å². The van der Waals surface area contributed by atoms with Gasteiger partial charge in [-0.2, -0.15) is 0 Å². The van der Waals surface area contributed by atoms with Crippen molar-refractivity contribution in [2.45, 2.75) is 6.42 Å². The lowest BCUT2D eigenvalue weighted by atomic mass is 10.1. The van der Waals surface area contributed by atoms with Gasteiger partial charge in [-0.3, -0.25) is 4.79 Å². The monoisotopic (exact) mass is 285 g/mol. The van der Waals surface area contributed by atoms with E-state index in [4.69, 9.17) is 5.73 Å². The molecule has 1 saturated heterocycles. The Bertz CT molecular complexity index is 664. The second kappa shape index (κ2) is 5.65. The van der Waals surface area contributed by atoms with Crippen LogP contribution in [0.15, 0.2) is 24.3 Å². The van der Waals surface area contributed by atoms with E-state index in [2.05, 4.69) is 26.8 Å². The van der Waals surface area contributed by atoms with Crippen LogP contribution in [0.5, 0.6) is 0 Å². The fraction of sp³-hybridized carbons (Fsp3) is 0.400. The van der Waals surface area contributed by atoms with E-state index in [-0.39, 0.29) is 12.3 Å². The number of nitrogens with two attached hydrogens (primary N) is 1. The van der Waals surface area contributed by atoms with Crippen LogP contribution >= 0.6 is 0 Å². The van der Waals surface area contributed by atoms with Crippen LogP contribution in [-0.4, -0.2) is 54.0 Å². The Labute approximate surface area is 123 Å². The van der Waals surface area contributed by atoms with Crippen molar-refractivity contribution in [3.05, 3.63) is 30.0 Å². The number of piperazine rings is 1. The molecule has 0 saturated carbocycles. The van der Waals surface area contributed by atoms with E-state index in [0.717, 1.165) is 37.1 Å². The van der Waals surface area contributed by atoms with Crippen molar-refractivity contribution in [1.29, 1.82) is 0 Å². The predicted molar refractivity (Wildman–Crippen MR) is 82.1 cm³/mol. The smallest absolute Gasteiger partial charge is 0.226 e. The first-order chi connectivity index (χ1) is 10.1. The molecule has 2 N–H and O–H groups in total. The van der Waals surface area contributed by atoms with E-state index in [1.807, 2.05) is 24.3 Å². The van der Waals surface area contributed by atoms with Crippen LogP contribution < -0.4 is 10.6 Å². The van der Waals surface area contributed by atoms with Crippen molar-refractivity contribution in [3.8, 4) is 0 Å².